The Bertz CT molecular complexity index is 932. The van der Waals surface area contributed by atoms with Gasteiger partial charge in [0.1, 0.15) is 17.1 Å². The molecule has 2 aromatic heterocycles. The lowest BCUT2D eigenvalue weighted by atomic mass is 10.1. The van der Waals surface area contributed by atoms with Gasteiger partial charge >= 0.3 is 5.97 Å². The third-order valence-electron chi connectivity index (χ3n) is 3.50. The summed E-state index contributed by atoms with van der Waals surface area (Å²) in [4.78, 5) is 31.7. The Morgan fingerprint density at radius 3 is 2.52 bits per heavy atom. The monoisotopic (exact) mass is 311 g/mol. The minimum atomic E-state index is -1.19. The zero-order valence-electron chi connectivity index (χ0n) is 12.4. The second kappa shape index (κ2) is 5.48. The van der Waals surface area contributed by atoms with Gasteiger partial charge in [-0.15, -0.1) is 0 Å². The van der Waals surface area contributed by atoms with E-state index in [1.54, 1.807) is 0 Å². The number of carbonyl (C=O) groups excluding carboxylic acids is 1. The molecule has 2 heterocycles. The molecule has 0 saturated heterocycles. The number of aryl methyl sites for hydroxylation is 2. The van der Waals surface area contributed by atoms with Crippen LogP contribution in [0.4, 0.5) is 5.82 Å². The Balaban J connectivity index is 1.93. The Kier molecular flexibility index (Phi) is 3.49. The lowest BCUT2D eigenvalue weighted by molar-refractivity contribution is 0.0698. The van der Waals surface area contributed by atoms with E-state index in [9.17, 15) is 9.59 Å². The number of hydrogen-bond donors (Lipinski definition) is 3. The van der Waals surface area contributed by atoms with Crippen molar-refractivity contribution in [2.75, 3.05) is 5.32 Å². The normalized spacial score (nSPS) is 10.7. The number of benzene rings is 1. The maximum Gasteiger partial charge on any atom is 0.341 e. The van der Waals surface area contributed by atoms with Crippen LogP contribution >= 0.6 is 0 Å². The molecular weight excluding hydrogens is 298 g/mol. The molecule has 23 heavy (non-hydrogen) atoms. The molecule has 0 aliphatic carbocycles. The van der Waals surface area contributed by atoms with Crippen LogP contribution in [0.2, 0.25) is 0 Å². The van der Waals surface area contributed by atoms with Crippen LogP contribution in [0, 0.1) is 13.8 Å². The number of carbonyl (C=O) groups is 2. The van der Waals surface area contributed by atoms with Crippen LogP contribution < -0.4 is 5.32 Å². The maximum atomic E-state index is 12.2. The Morgan fingerprint density at radius 2 is 1.83 bits per heavy atom. The summed E-state index contributed by atoms with van der Waals surface area (Å²) in [6, 6.07) is 3.75. The van der Waals surface area contributed by atoms with Gasteiger partial charge in [-0.1, -0.05) is 0 Å². The van der Waals surface area contributed by atoms with E-state index in [4.69, 9.17) is 5.11 Å². The third-order valence-corrected chi connectivity index (χ3v) is 3.50. The van der Waals surface area contributed by atoms with E-state index >= 15 is 0 Å². The number of fused-ring (bicyclic) bond motifs is 1. The number of aromatic carboxylic acids is 1. The first-order chi connectivity index (χ1) is 11.0. The highest BCUT2D eigenvalue weighted by molar-refractivity contribution is 6.06. The molecule has 8 nitrogen and oxygen atoms in total. The van der Waals surface area contributed by atoms with Crippen LogP contribution in [0.1, 0.15) is 32.0 Å². The van der Waals surface area contributed by atoms with Gasteiger partial charge in [0.2, 0.25) is 0 Å². The number of aromatic amines is 1. The smallest absolute Gasteiger partial charge is 0.341 e. The van der Waals surface area contributed by atoms with Gasteiger partial charge in [-0.3, -0.25) is 14.9 Å². The zero-order chi connectivity index (χ0) is 16.6. The summed E-state index contributed by atoms with van der Waals surface area (Å²) in [5, 5.41) is 17.5. The van der Waals surface area contributed by atoms with Crippen molar-refractivity contribution < 1.29 is 14.7 Å². The van der Waals surface area contributed by atoms with Gasteiger partial charge < -0.3 is 10.4 Å². The number of amides is 1. The lowest BCUT2D eigenvalue weighted by Crippen LogP contribution is -2.16. The molecule has 3 aromatic rings. The van der Waals surface area contributed by atoms with Crippen LogP contribution in [0.3, 0.4) is 0 Å². The van der Waals surface area contributed by atoms with Gasteiger partial charge in [-0.2, -0.15) is 5.10 Å². The summed E-state index contributed by atoms with van der Waals surface area (Å²) < 4.78 is 0. The molecule has 0 aliphatic heterocycles. The van der Waals surface area contributed by atoms with Gasteiger partial charge in [-0.05, 0) is 37.1 Å². The summed E-state index contributed by atoms with van der Waals surface area (Å²) in [7, 11) is 0. The van der Waals surface area contributed by atoms with Crippen molar-refractivity contribution in [3.63, 3.8) is 0 Å². The van der Waals surface area contributed by atoms with E-state index in [0.717, 1.165) is 17.3 Å². The van der Waals surface area contributed by atoms with Crippen molar-refractivity contribution in [3.8, 4) is 0 Å². The summed E-state index contributed by atoms with van der Waals surface area (Å²) >= 11 is 0. The number of H-pyrrole nitrogens is 1. The van der Waals surface area contributed by atoms with Gasteiger partial charge in [0.05, 0.1) is 23.4 Å². The molecule has 0 atom stereocenters. The van der Waals surface area contributed by atoms with Gasteiger partial charge in [-0.25, -0.2) is 9.78 Å². The predicted octanol–water partition coefficient (Wildman–Crippen LogP) is 1.92. The minimum Gasteiger partial charge on any atom is -0.477 e. The highest BCUT2D eigenvalue weighted by atomic mass is 16.4. The van der Waals surface area contributed by atoms with Crippen LogP contribution in [0.15, 0.2) is 24.5 Å². The topological polar surface area (TPSA) is 121 Å². The van der Waals surface area contributed by atoms with E-state index < -0.39 is 11.9 Å². The van der Waals surface area contributed by atoms with E-state index in [0.29, 0.717) is 11.0 Å². The SMILES string of the molecule is Cc1cc2ncc(C(=O)Nc3[nH]ncc3C(=O)O)nc2cc1C. The van der Waals surface area contributed by atoms with Crippen molar-refractivity contribution in [3.05, 3.63) is 46.9 Å². The van der Waals surface area contributed by atoms with Crippen molar-refractivity contribution in [2.24, 2.45) is 0 Å². The zero-order valence-corrected chi connectivity index (χ0v) is 12.4. The molecule has 3 rings (SSSR count). The molecule has 116 valence electrons. The second-order valence-corrected chi connectivity index (χ2v) is 5.10. The average Bonchev–Trinajstić information content (AvgIpc) is 2.96. The van der Waals surface area contributed by atoms with Crippen LogP contribution in [-0.2, 0) is 0 Å². The fourth-order valence-corrected chi connectivity index (χ4v) is 2.10. The molecule has 3 N–H and O–H groups in total. The third kappa shape index (κ3) is 2.73. The van der Waals surface area contributed by atoms with E-state index in [-0.39, 0.29) is 17.1 Å². The number of nitrogens with one attached hydrogen (secondary N) is 2. The lowest BCUT2D eigenvalue weighted by Gasteiger charge is -2.06. The summed E-state index contributed by atoms with van der Waals surface area (Å²) in [5.74, 6) is -1.75. The van der Waals surface area contributed by atoms with E-state index in [1.165, 1.54) is 6.20 Å². The van der Waals surface area contributed by atoms with Gasteiger partial charge in [0.25, 0.3) is 5.91 Å². The largest absolute Gasteiger partial charge is 0.477 e. The molecule has 0 unspecified atom stereocenters. The van der Waals surface area contributed by atoms with Gasteiger partial charge in [0, 0.05) is 0 Å². The number of nitrogens with zero attached hydrogens (tertiary/aromatic N) is 3. The molecule has 0 saturated carbocycles. The van der Waals surface area contributed by atoms with Crippen molar-refractivity contribution in [1.29, 1.82) is 0 Å². The summed E-state index contributed by atoms with van der Waals surface area (Å²) in [5.41, 5.74) is 3.39. The molecule has 0 bridgehead atoms. The van der Waals surface area contributed by atoms with Crippen LogP contribution in [0.5, 0.6) is 0 Å². The van der Waals surface area contributed by atoms with Crippen LogP contribution in [0.25, 0.3) is 11.0 Å². The van der Waals surface area contributed by atoms with Crippen LogP contribution in [-0.4, -0.2) is 37.1 Å². The number of anilines is 1. The van der Waals surface area contributed by atoms with Crippen molar-refractivity contribution in [1.82, 2.24) is 20.2 Å². The van der Waals surface area contributed by atoms with Crippen molar-refractivity contribution >= 4 is 28.7 Å². The molecule has 0 fully saturated rings. The summed E-state index contributed by atoms with van der Waals surface area (Å²) in [6.07, 6.45) is 2.47. The molecule has 1 amide bonds. The fourth-order valence-electron chi connectivity index (χ4n) is 2.10. The quantitative estimate of drug-likeness (QED) is 0.679. The Hall–Kier alpha value is -3.29. The van der Waals surface area contributed by atoms with Gasteiger partial charge in [0.15, 0.2) is 0 Å². The summed E-state index contributed by atoms with van der Waals surface area (Å²) in [6.45, 7) is 3.93. The average molecular weight is 311 g/mol. The first-order valence-corrected chi connectivity index (χ1v) is 6.77. The molecule has 1 aromatic carbocycles. The molecule has 0 aliphatic rings. The second-order valence-electron chi connectivity index (χ2n) is 5.10. The van der Waals surface area contributed by atoms with E-state index in [2.05, 4.69) is 25.5 Å². The standard InChI is InChI=1S/C15H13N5O3/c1-7-3-10-11(4-8(7)2)18-12(6-16-10)14(21)19-13-9(15(22)23)5-17-20-13/h3-6H,1-2H3,(H,22,23)(H2,17,19,20,21). The minimum absolute atomic E-state index is 0.00415. The number of hydrogen-bond acceptors (Lipinski definition) is 5. The number of rotatable bonds is 3. The molecule has 8 heteroatoms. The fraction of sp³-hybridized carbons (Fsp3) is 0.133. The number of carboxylic acid groups (broad SMARTS) is 1. The predicted molar refractivity (Wildman–Crippen MR) is 82.5 cm³/mol. The first kappa shape index (κ1) is 14.6. The van der Waals surface area contributed by atoms with E-state index in [1.807, 2.05) is 26.0 Å². The van der Waals surface area contributed by atoms with Crippen molar-refractivity contribution in [2.45, 2.75) is 13.8 Å². The molecular formula is C15H13N5O3. The first-order valence-electron chi connectivity index (χ1n) is 6.77. The number of aromatic nitrogens is 4. The highest BCUT2D eigenvalue weighted by Crippen LogP contribution is 2.17. The maximum absolute atomic E-state index is 12.2. The Morgan fingerprint density at radius 1 is 1.13 bits per heavy atom. The highest BCUT2D eigenvalue weighted by Gasteiger charge is 2.17. The Labute approximate surface area is 130 Å². The number of carboxylic acids is 1. The molecule has 0 spiro atoms. The molecule has 0 radical (unpaired) electrons.